The van der Waals surface area contributed by atoms with Gasteiger partial charge in [-0.3, -0.25) is 0 Å². The summed E-state index contributed by atoms with van der Waals surface area (Å²) in [6, 6.07) is 8.26. The first-order chi connectivity index (χ1) is 6.81. The van der Waals surface area contributed by atoms with Crippen molar-refractivity contribution < 1.29 is 0 Å². The summed E-state index contributed by atoms with van der Waals surface area (Å²) in [5.41, 5.74) is 8.35. The quantitative estimate of drug-likeness (QED) is 0.878. The van der Waals surface area contributed by atoms with Gasteiger partial charge in [0.25, 0.3) is 0 Å². The third-order valence-corrected chi connectivity index (χ3v) is 3.31. The standard InChI is InChI=1S/C12H14BrN/c13-12-4-2-1-3-10(12)7-11(8-14)9-5-6-9/h1-4,7,9H,5-6,8,14H2/b11-7+. The van der Waals surface area contributed by atoms with Crippen LogP contribution in [0.15, 0.2) is 34.3 Å². The van der Waals surface area contributed by atoms with E-state index in [0.717, 1.165) is 10.4 Å². The Balaban J connectivity index is 2.26. The maximum Gasteiger partial charge on any atom is 0.0247 e. The van der Waals surface area contributed by atoms with Crippen LogP contribution in [0.5, 0.6) is 0 Å². The van der Waals surface area contributed by atoms with Crippen LogP contribution in [-0.4, -0.2) is 6.54 Å². The summed E-state index contributed by atoms with van der Waals surface area (Å²) < 4.78 is 1.14. The second-order valence-corrected chi connectivity index (χ2v) is 4.57. The highest BCUT2D eigenvalue weighted by atomic mass is 79.9. The Morgan fingerprint density at radius 2 is 2.14 bits per heavy atom. The van der Waals surface area contributed by atoms with Gasteiger partial charge in [0, 0.05) is 11.0 Å². The third kappa shape index (κ3) is 2.25. The van der Waals surface area contributed by atoms with Crippen LogP contribution >= 0.6 is 15.9 Å². The minimum Gasteiger partial charge on any atom is -0.327 e. The predicted octanol–water partition coefficient (Wildman–Crippen LogP) is 3.20. The molecule has 0 heterocycles. The molecule has 2 rings (SSSR count). The Bertz CT molecular complexity index is 353. The van der Waals surface area contributed by atoms with Gasteiger partial charge in [-0.05, 0) is 30.4 Å². The average Bonchev–Trinajstić information content (AvgIpc) is 3.00. The molecule has 0 radical (unpaired) electrons. The van der Waals surface area contributed by atoms with Gasteiger partial charge in [-0.1, -0.05) is 45.8 Å². The van der Waals surface area contributed by atoms with Gasteiger partial charge < -0.3 is 5.73 Å². The highest BCUT2D eigenvalue weighted by Gasteiger charge is 2.24. The van der Waals surface area contributed by atoms with Crippen LogP contribution in [0.2, 0.25) is 0 Å². The lowest BCUT2D eigenvalue weighted by Gasteiger charge is -2.03. The number of hydrogen-bond acceptors (Lipinski definition) is 1. The van der Waals surface area contributed by atoms with Crippen molar-refractivity contribution in [3.8, 4) is 0 Å². The van der Waals surface area contributed by atoms with E-state index in [9.17, 15) is 0 Å². The highest BCUT2D eigenvalue weighted by molar-refractivity contribution is 9.10. The summed E-state index contributed by atoms with van der Waals surface area (Å²) >= 11 is 3.54. The van der Waals surface area contributed by atoms with Gasteiger partial charge in [0.15, 0.2) is 0 Å². The van der Waals surface area contributed by atoms with Gasteiger partial charge in [0.2, 0.25) is 0 Å². The molecule has 0 atom stereocenters. The van der Waals surface area contributed by atoms with Crippen molar-refractivity contribution in [1.82, 2.24) is 0 Å². The number of nitrogens with two attached hydrogens (primary N) is 1. The summed E-state index contributed by atoms with van der Waals surface area (Å²) in [5.74, 6) is 0.757. The molecule has 2 N–H and O–H groups in total. The number of hydrogen-bond donors (Lipinski definition) is 1. The molecular weight excluding hydrogens is 238 g/mol. The van der Waals surface area contributed by atoms with Crippen molar-refractivity contribution in [1.29, 1.82) is 0 Å². The van der Waals surface area contributed by atoms with Crippen LogP contribution in [0, 0.1) is 5.92 Å². The minimum absolute atomic E-state index is 0.687. The molecular formula is C12H14BrN. The van der Waals surface area contributed by atoms with Crippen LogP contribution in [0.3, 0.4) is 0 Å². The Morgan fingerprint density at radius 1 is 1.43 bits per heavy atom. The van der Waals surface area contributed by atoms with Crippen LogP contribution in [0.1, 0.15) is 18.4 Å². The first-order valence-corrected chi connectivity index (χ1v) is 5.75. The molecule has 1 aliphatic carbocycles. The van der Waals surface area contributed by atoms with Crippen LogP contribution in [0.25, 0.3) is 6.08 Å². The summed E-state index contributed by atoms with van der Waals surface area (Å²) in [4.78, 5) is 0. The average molecular weight is 252 g/mol. The van der Waals surface area contributed by atoms with Gasteiger partial charge in [-0.2, -0.15) is 0 Å². The van der Waals surface area contributed by atoms with Gasteiger partial charge in [-0.25, -0.2) is 0 Å². The molecule has 0 spiro atoms. The second kappa shape index (κ2) is 4.28. The van der Waals surface area contributed by atoms with Crippen molar-refractivity contribution in [2.24, 2.45) is 11.7 Å². The number of rotatable bonds is 3. The van der Waals surface area contributed by atoms with Crippen molar-refractivity contribution in [2.75, 3.05) is 6.54 Å². The summed E-state index contributed by atoms with van der Waals surface area (Å²) in [7, 11) is 0. The van der Waals surface area contributed by atoms with Crippen LogP contribution in [0.4, 0.5) is 0 Å². The summed E-state index contributed by atoms with van der Waals surface area (Å²) in [6.07, 6.45) is 4.85. The molecule has 1 aliphatic rings. The van der Waals surface area contributed by atoms with E-state index < -0.39 is 0 Å². The van der Waals surface area contributed by atoms with E-state index in [1.54, 1.807) is 0 Å². The lowest BCUT2D eigenvalue weighted by Crippen LogP contribution is -2.04. The molecule has 0 unspecified atom stereocenters. The molecule has 0 amide bonds. The fourth-order valence-corrected chi connectivity index (χ4v) is 1.99. The molecule has 1 aromatic carbocycles. The second-order valence-electron chi connectivity index (χ2n) is 3.72. The van der Waals surface area contributed by atoms with Gasteiger partial charge in [-0.15, -0.1) is 0 Å². The molecule has 74 valence electrons. The van der Waals surface area contributed by atoms with Crippen molar-refractivity contribution in [3.05, 3.63) is 39.9 Å². The van der Waals surface area contributed by atoms with E-state index in [0.29, 0.717) is 6.54 Å². The molecule has 1 nitrogen and oxygen atoms in total. The molecule has 1 saturated carbocycles. The molecule has 0 aliphatic heterocycles. The van der Waals surface area contributed by atoms with Crippen molar-refractivity contribution in [2.45, 2.75) is 12.8 Å². The summed E-state index contributed by atoms with van der Waals surface area (Å²) in [6.45, 7) is 0.687. The molecule has 1 fully saturated rings. The Labute approximate surface area is 93.1 Å². The summed E-state index contributed by atoms with van der Waals surface area (Å²) in [5, 5.41) is 0. The maximum absolute atomic E-state index is 5.73. The Hall–Kier alpha value is -0.600. The molecule has 0 saturated heterocycles. The maximum atomic E-state index is 5.73. The third-order valence-electron chi connectivity index (χ3n) is 2.58. The molecule has 1 aromatic rings. The van der Waals surface area contributed by atoms with Crippen molar-refractivity contribution >= 4 is 22.0 Å². The normalized spacial score (nSPS) is 17.1. The van der Waals surface area contributed by atoms with Crippen LogP contribution in [-0.2, 0) is 0 Å². The van der Waals surface area contributed by atoms with E-state index >= 15 is 0 Å². The highest BCUT2D eigenvalue weighted by Crippen LogP contribution is 2.37. The minimum atomic E-state index is 0.687. The first-order valence-electron chi connectivity index (χ1n) is 4.96. The Morgan fingerprint density at radius 3 is 2.71 bits per heavy atom. The molecule has 0 bridgehead atoms. The van der Waals surface area contributed by atoms with Gasteiger partial charge in [0.1, 0.15) is 0 Å². The van der Waals surface area contributed by atoms with E-state index in [4.69, 9.17) is 5.73 Å². The topological polar surface area (TPSA) is 26.0 Å². The molecule has 0 aromatic heterocycles. The fourth-order valence-electron chi connectivity index (χ4n) is 1.59. The SMILES string of the molecule is NC/C(=C\c1ccccc1Br)C1CC1. The van der Waals surface area contributed by atoms with Gasteiger partial charge in [0.05, 0.1) is 0 Å². The molecule has 14 heavy (non-hydrogen) atoms. The van der Waals surface area contributed by atoms with E-state index in [2.05, 4.69) is 40.2 Å². The Kier molecular flexibility index (Phi) is 3.04. The zero-order chi connectivity index (χ0) is 9.97. The van der Waals surface area contributed by atoms with E-state index in [-0.39, 0.29) is 0 Å². The predicted molar refractivity (Wildman–Crippen MR) is 63.9 cm³/mol. The molecule has 2 heteroatoms. The monoisotopic (exact) mass is 251 g/mol. The number of halogens is 1. The zero-order valence-corrected chi connectivity index (χ0v) is 9.63. The lowest BCUT2D eigenvalue weighted by atomic mass is 10.1. The van der Waals surface area contributed by atoms with E-state index in [1.165, 1.54) is 24.0 Å². The largest absolute Gasteiger partial charge is 0.327 e. The number of benzene rings is 1. The fraction of sp³-hybridized carbons (Fsp3) is 0.333. The zero-order valence-electron chi connectivity index (χ0n) is 8.04. The first kappa shape index (κ1) is 9.94. The lowest BCUT2D eigenvalue weighted by molar-refractivity contribution is 0.950. The van der Waals surface area contributed by atoms with E-state index in [1.807, 2.05) is 6.07 Å². The van der Waals surface area contributed by atoms with Crippen LogP contribution < -0.4 is 5.73 Å². The van der Waals surface area contributed by atoms with Gasteiger partial charge >= 0.3 is 0 Å². The van der Waals surface area contributed by atoms with Crippen molar-refractivity contribution in [3.63, 3.8) is 0 Å². The smallest absolute Gasteiger partial charge is 0.0247 e.